The third kappa shape index (κ3) is 5.15. The molecule has 4 N–H and O–H groups in total. The van der Waals surface area contributed by atoms with Crippen molar-refractivity contribution in [2.75, 3.05) is 0 Å². The van der Waals surface area contributed by atoms with Crippen molar-refractivity contribution in [2.45, 2.75) is 34.5 Å². The number of nitrogens with two attached hydrogens (primary N) is 1. The van der Waals surface area contributed by atoms with Crippen LogP contribution in [-0.4, -0.2) is 28.8 Å². The van der Waals surface area contributed by atoms with Gasteiger partial charge in [-0.1, -0.05) is 0 Å². The van der Waals surface area contributed by atoms with Gasteiger partial charge in [0.15, 0.2) is 0 Å². The molecule has 0 radical (unpaired) electrons. The summed E-state index contributed by atoms with van der Waals surface area (Å²) in [6.45, 7) is 0.0861. The van der Waals surface area contributed by atoms with Crippen LogP contribution in [0.3, 0.4) is 0 Å². The molecule has 146 valence electrons. The molecule has 0 unspecified atom stereocenters. The Morgan fingerprint density at radius 3 is 2.48 bits per heavy atom. The molecule has 0 atom stereocenters. The lowest BCUT2D eigenvalue weighted by molar-refractivity contribution is 0.0950. The van der Waals surface area contributed by atoms with Gasteiger partial charge in [-0.2, -0.15) is 0 Å². The number of rotatable bonds is 7. The van der Waals surface area contributed by atoms with Crippen LogP contribution in [0.5, 0.6) is 0 Å². The second kappa shape index (κ2) is 7.60. The number of hydrogen-bond donors (Lipinski definition) is 3. The fraction of sp³-hybridized carbons (Fsp3) is 0.267. The van der Waals surface area contributed by atoms with Gasteiger partial charge < -0.3 is 5.32 Å². The van der Waals surface area contributed by atoms with E-state index in [1.807, 2.05) is 0 Å². The number of carbonyl (C=O) groups is 1. The summed E-state index contributed by atoms with van der Waals surface area (Å²) in [7, 11) is -7.46. The summed E-state index contributed by atoms with van der Waals surface area (Å²) < 4.78 is 50.2. The average Bonchev–Trinajstić information content (AvgIpc) is 3.23. The van der Waals surface area contributed by atoms with E-state index in [1.54, 1.807) is 6.07 Å². The molecular formula is C15H16BrN3O5S3. The Balaban J connectivity index is 1.74. The number of sulfonamides is 2. The van der Waals surface area contributed by atoms with E-state index >= 15 is 0 Å². The van der Waals surface area contributed by atoms with Gasteiger partial charge in [-0.15, -0.1) is 11.3 Å². The van der Waals surface area contributed by atoms with E-state index in [9.17, 15) is 21.6 Å². The molecule has 0 aliphatic heterocycles. The number of nitrogens with one attached hydrogen (secondary N) is 2. The highest BCUT2D eigenvalue weighted by atomic mass is 79.9. The van der Waals surface area contributed by atoms with Crippen molar-refractivity contribution in [3.8, 4) is 0 Å². The van der Waals surface area contributed by atoms with Crippen LogP contribution in [0.4, 0.5) is 0 Å². The van der Waals surface area contributed by atoms with E-state index in [0.29, 0.717) is 9.35 Å². The third-order valence-corrected chi connectivity index (χ3v) is 8.47. The van der Waals surface area contributed by atoms with Gasteiger partial charge in [0.05, 0.1) is 17.0 Å². The maximum absolute atomic E-state index is 12.5. The number of amides is 1. The van der Waals surface area contributed by atoms with Gasteiger partial charge >= 0.3 is 0 Å². The zero-order valence-corrected chi connectivity index (χ0v) is 17.8. The Morgan fingerprint density at radius 1 is 1.19 bits per heavy atom. The van der Waals surface area contributed by atoms with E-state index in [2.05, 4.69) is 26.0 Å². The van der Waals surface area contributed by atoms with Gasteiger partial charge in [0.25, 0.3) is 5.91 Å². The molecule has 8 nitrogen and oxygen atoms in total. The molecule has 3 rings (SSSR count). The summed E-state index contributed by atoms with van der Waals surface area (Å²) in [5.74, 6) is -0.490. The zero-order chi connectivity index (χ0) is 19.8. The molecule has 0 saturated heterocycles. The van der Waals surface area contributed by atoms with Crippen molar-refractivity contribution >= 4 is 53.2 Å². The molecule has 2 aromatic rings. The predicted octanol–water partition coefficient (Wildman–Crippen LogP) is 1.53. The Hall–Kier alpha value is -1.31. The van der Waals surface area contributed by atoms with Crippen molar-refractivity contribution < 1.29 is 21.6 Å². The molecule has 1 aromatic heterocycles. The van der Waals surface area contributed by atoms with Crippen LogP contribution in [0.15, 0.2) is 43.9 Å². The van der Waals surface area contributed by atoms with E-state index in [0.717, 1.165) is 24.2 Å². The van der Waals surface area contributed by atoms with Gasteiger partial charge in [0.1, 0.15) is 4.21 Å². The molecule has 1 aromatic carbocycles. The second-order valence-electron chi connectivity index (χ2n) is 5.99. The van der Waals surface area contributed by atoms with Gasteiger partial charge in [-0.3, -0.25) is 4.79 Å². The number of benzene rings is 1. The molecule has 12 heteroatoms. The summed E-state index contributed by atoms with van der Waals surface area (Å²) in [4.78, 5) is 13.1. The second-order valence-corrected chi connectivity index (χ2v) is 11.5. The summed E-state index contributed by atoms with van der Waals surface area (Å²) >= 11 is 4.21. The highest BCUT2D eigenvalue weighted by Gasteiger charge is 2.28. The van der Waals surface area contributed by atoms with Crippen molar-refractivity contribution in [3.63, 3.8) is 0 Å². The Kier molecular flexibility index (Phi) is 5.75. The maximum atomic E-state index is 12.5. The molecule has 1 fully saturated rings. The highest BCUT2D eigenvalue weighted by Crippen LogP contribution is 2.25. The summed E-state index contributed by atoms with van der Waals surface area (Å²) in [6, 6.07) is 7.11. The van der Waals surface area contributed by atoms with Crippen LogP contribution in [0.25, 0.3) is 0 Å². The van der Waals surface area contributed by atoms with Gasteiger partial charge in [0, 0.05) is 15.4 Å². The predicted molar refractivity (Wildman–Crippen MR) is 104 cm³/mol. The first-order valence-electron chi connectivity index (χ1n) is 7.78. The topological polar surface area (TPSA) is 135 Å². The molecule has 0 spiro atoms. The molecule has 1 heterocycles. The lowest BCUT2D eigenvalue weighted by atomic mass is 10.2. The van der Waals surface area contributed by atoms with Crippen molar-refractivity contribution in [1.82, 2.24) is 10.0 Å². The van der Waals surface area contributed by atoms with Gasteiger partial charge in [-0.25, -0.2) is 26.7 Å². The number of thiophene rings is 1. The fourth-order valence-corrected chi connectivity index (χ4v) is 5.68. The SMILES string of the molecule is NS(=O)(=O)c1ccc(CNC(=O)c2cc(S(=O)(=O)NC3CC3)ccc2Br)s1. The number of halogens is 1. The van der Waals surface area contributed by atoms with E-state index in [-0.39, 0.29) is 27.3 Å². The van der Waals surface area contributed by atoms with Crippen molar-refractivity contribution in [3.05, 3.63) is 45.2 Å². The smallest absolute Gasteiger partial charge is 0.252 e. The van der Waals surface area contributed by atoms with Crippen LogP contribution in [0.2, 0.25) is 0 Å². The Bertz CT molecular complexity index is 1090. The Morgan fingerprint density at radius 2 is 1.89 bits per heavy atom. The number of hydrogen-bond acceptors (Lipinski definition) is 6. The fourth-order valence-electron chi connectivity index (χ4n) is 2.20. The molecule has 27 heavy (non-hydrogen) atoms. The molecule has 1 aliphatic rings. The highest BCUT2D eigenvalue weighted by molar-refractivity contribution is 9.10. The molecule has 1 saturated carbocycles. The van der Waals surface area contributed by atoms with E-state index in [4.69, 9.17) is 5.14 Å². The van der Waals surface area contributed by atoms with Gasteiger partial charge in [-0.05, 0) is 59.1 Å². The van der Waals surface area contributed by atoms with E-state index in [1.165, 1.54) is 24.3 Å². The lowest BCUT2D eigenvalue weighted by Gasteiger charge is -2.10. The molecule has 0 bridgehead atoms. The molecule has 1 amide bonds. The molecule has 1 aliphatic carbocycles. The minimum absolute atomic E-state index is 0.00664. The van der Waals surface area contributed by atoms with E-state index < -0.39 is 26.0 Å². The van der Waals surface area contributed by atoms with Crippen LogP contribution in [-0.2, 0) is 26.6 Å². The van der Waals surface area contributed by atoms with Gasteiger partial charge in [0.2, 0.25) is 20.0 Å². The molecular weight excluding hydrogens is 478 g/mol. The minimum Gasteiger partial charge on any atom is -0.347 e. The normalized spacial score (nSPS) is 14.9. The maximum Gasteiger partial charge on any atom is 0.252 e. The van der Waals surface area contributed by atoms with Crippen molar-refractivity contribution in [2.24, 2.45) is 5.14 Å². The first-order chi connectivity index (χ1) is 12.6. The van der Waals surface area contributed by atoms with Crippen LogP contribution in [0.1, 0.15) is 28.1 Å². The summed E-state index contributed by atoms with van der Waals surface area (Å²) in [5, 5.41) is 7.70. The Labute approximate surface area is 169 Å². The quantitative estimate of drug-likeness (QED) is 0.537. The zero-order valence-electron chi connectivity index (χ0n) is 13.8. The number of carbonyl (C=O) groups excluding carboxylic acids is 1. The summed E-state index contributed by atoms with van der Waals surface area (Å²) in [5.41, 5.74) is 0.164. The first-order valence-corrected chi connectivity index (χ1v) is 12.4. The van der Waals surface area contributed by atoms with Crippen LogP contribution < -0.4 is 15.2 Å². The van der Waals surface area contributed by atoms with Crippen molar-refractivity contribution in [1.29, 1.82) is 0 Å². The minimum atomic E-state index is -3.78. The largest absolute Gasteiger partial charge is 0.347 e. The first kappa shape index (κ1) is 20.4. The summed E-state index contributed by atoms with van der Waals surface area (Å²) in [6.07, 6.45) is 1.62. The monoisotopic (exact) mass is 493 g/mol. The standard InChI is InChI=1S/C15H16BrN3O5S3/c16-13-5-4-11(27(23,24)19-9-1-2-9)7-12(13)15(20)18-8-10-3-6-14(25-10)26(17,21)22/h3-7,9,19H,1-2,8H2,(H,18,20)(H2,17,21,22). The number of primary sulfonamides is 1. The average molecular weight is 494 g/mol. The van der Waals surface area contributed by atoms with Crippen LogP contribution >= 0.6 is 27.3 Å². The lowest BCUT2D eigenvalue weighted by Crippen LogP contribution is -2.27. The third-order valence-electron chi connectivity index (χ3n) is 3.73. The van der Waals surface area contributed by atoms with Crippen LogP contribution in [0, 0.1) is 0 Å².